The number of carbonyl (C=O) groups excluding carboxylic acids is 1. The van der Waals surface area contributed by atoms with Crippen LogP contribution in [0.1, 0.15) is 34.6 Å². The third-order valence-electron chi connectivity index (χ3n) is 5.73. The lowest BCUT2D eigenvalue weighted by atomic mass is 10.1. The standard InChI is InChI=1S/C28H31N3O3/c1-21-8-5-9-22(20-21)28(32)29-17-6-12-27-30-25-10-3-4-11-26(25)31(27)18-7-19-34-24-15-13-23(33-2)14-16-24/h3-5,8-11,13-16,20H,6-7,12,17-19H2,1-2H3,(H,29,32). The van der Waals surface area contributed by atoms with Gasteiger partial charge in [-0.2, -0.15) is 0 Å². The van der Waals surface area contributed by atoms with Gasteiger partial charge in [0, 0.05) is 25.1 Å². The number of para-hydroxylation sites is 2. The Morgan fingerprint density at radius 3 is 2.56 bits per heavy atom. The third-order valence-corrected chi connectivity index (χ3v) is 5.73. The third kappa shape index (κ3) is 5.95. The molecule has 34 heavy (non-hydrogen) atoms. The number of aryl methyl sites for hydroxylation is 3. The molecule has 4 rings (SSSR count). The normalized spacial score (nSPS) is 10.9. The van der Waals surface area contributed by atoms with Crippen LogP contribution in [0.5, 0.6) is 11.5 Å². The van der Waals surface area contributed by atoms with Crippen molar-refractivity contribution in [1.82, 2.24) is 14.9 Å². The van der Waals surface area contributed by atoms with E-state index in [1.807, 2.05) is 73.7 Å². The summed E-state index contributed by atoms with van der Waals surface area (Å²) in [5, 5.41) is 3.02. The van der Waals surface area contributed by atoms with Gasteiger partial charge in [0.15, 0.2) is 0 Å². The highest BCUT2D eigenvalue weighted by molar-refractivity contribution is 5.94. The zero-order valence-electron chi connectivity index (χ0n) is 19.8. The Bertz CT molecular complexity index is 1230. The SMILES string of the molecule is COc1ccc(OCCCn2c(CCCNC(=O)c3cccc(C)c3)nc3ccccc32)cc1. The largest absolute Gasteiger partial charge is 0.497 e. The fourth-order valence-corrected chi connectivity index (χ4v) is 3.99. The van der Waals surface area contributed by atoms with E-state index in [-0.39, 0.29) is 5.91 Å². The lowest BCUT2D eigenvalue weighted by Gasteiger charge is -2.11. The molecule has 1 aromatic heterocycles. The molecule has 4 aromatic rings. The molecule has 6 nitrogen and oxygen atoms in total. The number of nitrogens with zero attached hydrogens (tertiary/aromatic N) is 2. The molecule has 0 saturated carbocycles. The highest BCUT2D eigenvalue weighted by Crippen LogP contribution is 2.19. The summed E-state index contributed by atoms with van der Waals surface area (Å²) in [6.07, 6.45) is 2.48. The molecule has 0 spiro atoms. The van der Waals surface area contributed by atoms with E-state index in [9.17, 15) is 4.79 Å². The highest BCUT2D eigenvalue weighted by atomic mass is 16.5. The first-order chi connectivity index (χ1) is 16.6. The van der Waals surface area contributed by atoms with Crippen LogP contribution in [-0.2, 0) is 13.0 Å². The zero-order valence-corrected chi connectivity index (χ0v) is 19.8. The van der Waals surface area contributed by atoms with Crippen molar-refractivity contribution >= 4 is 16.9 Å². The van der Waals surface area contributed by atoms with E-state index in [1.54, 1.807) is 7.11 Å². The Balaban J connectivity index is 1.31. The van der Waals surface area contributed by atoms with Gasteiger partial charge in [-0.25, -0.2) is 4.98 Å². The smallest absolute Gasteiger partial charge is 0.251 e. The van der Waals surface area contributed by atoms with Gasteiger partial charge in [-0.15, -0.1) is 0 Å². The van der Waals surface area contributed by atoms with Gasteiger partial charge in [0.05, 0.1) is 24.8 Å². The first kappa shape index (κ1) is 23.4. The number of aromatic nitrogens is 2. The zero-order chi connectivity index (χ0) is 23.8. The molecule has 1 heterocycles. The van der Waals surface area contributed by atoms with Gasteiger partial charge >= 0.3 is 0 Å². The van der Waals surface area contributed by atoms with Crippen molar-refractivity contribution in [3.63, 3.8) is 0 Å². The molecule has 0 aliphatic rings. The molecule has 0 atom stereocenters. The summed E-state index contributed by atoms with van der Waals surface area (Å²) in [5.74, 6) is 2.65. The first-order valence-corrected chi connectivity index (χ1v) is 11.7. The predicted octanol–water partition coefficient (Wildman–Crippen LogP) is 5.19. The van der Waals surface area contributed by atoms with Crippen molar-refractivity contribution in [3.8, 4) is 11.5 Å². The van der Waals surface area contributed by atoms with Gasteiger partial charge in [0.1, 0.15) is 17.3 Å². The molecule has 6 heteroatoms. The van der Waals surface area contributed by atoms with Gasteiger partial charge in [-0.1, -0.05) is 29.8 Å². The first-order valence-electron chi connectivity index (χ1n) is 11.7. The second-order valence-electron chi connectivity index (χ2n) is 8.27. The summed E-state index contributed by atoms with van der Waals surface area (Å²) >= 11 is 0. The van der Waals surface area contributed by atoms with Crippen molar-refractivity contribution < 1.29 is 14.3 Å². The molecular formula is C28H31N3O3. The second kappa shape index (κ2) is 11.4. The maximum absolute atomic E-state index is 12.4. The molecule has 0 unspecified atom stereocenters. The van der Waals surface area contributed by atoms with Crippen LogP contribution in [0.2, 0.25) is 0 Å². The number of nitrogens with one attached hydrogen (secondary N) is 1. The molecule has 176 valence electrons. The van der Waals surface area contributed by atoms with E-state index >= 15 is 0 Å². The molecule has 3 aromatic carbocycles. The van der Waals surface area contributed by atoms with Crippen LogP contribution in [0.4, 0.5) is 0 Å². The predicted molar refractivity (Wildman–Crippen MR) is 135 cm³/mol. The topological polar surface area (TPSA) is 65.4 Å². The number of rotatable bonds is 11. The molecular weight excluding hydrogens is 426 g/mol. The number of ether oxygens (including phenoxy) is 2. The molecule has 0 aliphatic carbocycles. The highest BCUT2D eigenvalue weighted by Gasteiger charge is 2.11. The molecule has 1 N–H and O–H groups in total. The molecule has 0 fully saturated rings. The number of hydrogen-bond donors (Lipinski definition) is 1. The summed E-state index contributed by atoms with van der Waals surface area (Å²) in [7, 11) is 1.65. The van der Waals surface area contributed by atoms with Gasteiger partial charge < -0.3 is 19.4 Å². The summed E-state index contributed by atoms with van der Waals surface area (Å²) in [5.41, 5.74) is 3.91. The summed E-state index contributed by atoms with van der Waals surface area (Å²) in [6.45, 7) is 4.03. The fourth-order valence-electron chi connectivity index (χ4n) is 3.99. The van der Waals surface area contributed by atoms with Gasteiger partial charge in [-0.05, 0) is 68.3 Å². The molecule has 0 aliphatic heterocycles. The van der Waals surface area contributed by atoms with Crippen molar-refractivity contribution in [2.75, 3.05) is 20.3 Å². The maximum Gasteiger partial charge on any atom is 0.251 e. The average molecular weight is 458 g/mol. The number of hydrogen-bond acceptors (Lipinski definition) is 4. The van der Waals surface area contributed by atoms with Crippen LogP contribution in [0.15, 0.2) is 72.8 Å². The monoisotopic (exact) mass is 457 g/mol. The van der Waals surface area contributed by atoms with E-state index in [0.29, 0.717) is 18.7 Å². The van der Waals surface area contributed by atoms with Crippen LogP contribution >= 0.6 is 0 Å². The molecule has 0 saturated heterocycles. The lowest BCUT2D eigenvalue weighted by Crippen LogP contribution is -2.25. The average Bonchev–Trinajstić information content (AvgIpc) is 3.22. The maximum atomic E-state index is 12.4. The van der Waals surface area contributed by atoms with Gasteiger partial charge in [-0.3, -0.25) is 4.79 Å². The minimum absolute atomic E-state index is 0.0344. The number of amides is 1. The Morgan fingerprint density at radius 1 is 0.971 bits per heavy atom. The minimum atomic E-state index is -0.0344. The second-order valence-corrected chi connectivity index (χ2v) is 8.27. The van der Waals surface area contributed by atoms with E-state index in [2.05, 4.69) is 16.0 Å². The molecule has 0 radical (unpaired) electrons. The summed E-state index contributed by atoms with van der Waals surface area (Å²) < 4.78 is 13.4. The molecule has 0 bridgehead atoms. The number of fused-ring (bicyclic) bond motifs is 1. The lowest BCUT2D eigenvalue weighted by molar-refractivity contribution is 0.0953. The van der Waals surface area contributed by atoms with Gasteiger partial charge in [0.25, 0.3) is 5.91 Å². The van der Waals surface area contributed by atoms with Crippen LogP contribution in [0.3, 0.4) is 0 Å². The van der Waals surface area contributed by atoms with Crippen LogP contribution < -0.4 is 14.8 Å². The van der Waals surface area contributed by atoms with Crippen LogP contribution in [0, 0.1) is 6.92 Å². The summed E-state index contributed by atoms with van der Waals surface area (Å²) in [4.78, 5) is 17.2. The van der Waals surface area contributed by atoms with Crippen molar-refractivity contribution in [3.05, 3.63) is 89.7 Å². The Hall–Kier alpha value is -3.80. The van der Waals surface area contributed by atoms with Crippen LogP contribution in [0.25, 0.3) is 11.0 Å². The molecule has 1 amide bonds. The number of methoxy groups -OCH3 is 1. The van der Waals surface area contributed by atoms with Crippen molar-refractivity contribution in [1.29, 1.82) is 0 Å². The van der Waals surface area contributed by atoms with E-state index < -0.39 is 0 Å². The van der Waals surface area contributed by atoms with E-state index in [0.717, 1.165) is 59.7 Å². The Labute approximate surface area is 200 Å². The van der Waals surface area contributed by atoms with E-state index in [1.165, 1.54) is 0 Å². The minimum Gasteiger partial charge on any atom is -0.497 e. The number of carbonyl (C=O) groups is 1. The Kier molecular flexibility index (Phi) is 7.81. The fraction of sp³-hybridized carbons (Fsp3) is 0.286. The van der Waals surface area contributed by atoms with Crippen molar-refractivity contribution in [2.45, 2.75) is 32.7 Å². The van der Waals surface area contributed by atoms with Gasteiger partial charge in [0.2, 0.25) is 0 Å². The number of benzene rings is 3. The van der Waals surface area contributed by atoms with Crippen molar-refractivity contribution in [2.24, 2.45) is 0 Å². The number of imidazole rings is 1. The van der Waals surface area contributed by atoms with Crippen LogP contribution in [-0.4, -0.2) is 35.7 Å². The quantitative estimate of drug-likeness (QED) is 0.315. The summed E-state index contributed by atoms with van der Waals surface area (Å²) in [6, 6.07) is 23.5. The Morgan fingerprint density at radius 2 is 1.76 bits per heavy atom. The van der Waals surface area contributed by atoms with E-state index in [4.69, 9.17) is 14.5 Å².